The molecule has 2 unspecified atom stereocenters. The van der Waals surface area contributed by atoms with Crippen LogP contribution in [0.2, 0.25) is 0 Å². The Morgan fingerprint density at radius 2 is 1.90 bits per heavy atom. The van der Waals surface area contributed by atoms with Gasteiger partial charge in [-0.2, -0.15) is 0 Å². The number of hydrogen-bond donors (Lipinski definition) is 2. The van der Waals surface area contributed by atoms with Gasteiger partial charge in [-0.15, -0.1) is 0 Å². The van der Waals surface area contributed by atoms with Crippen molar-refractivity contribution in [1.82, 2.24) is 0 Å². The predicted molar refractivity (Wildman–Crippen MR) is 102 cm³/mol. The average Bonchev–Trinajstić information content (AvgIpc) is 2.99. The third kappa shape index (κ3) is 3.26. The Balaban J connectivity index is 2.06. The third-order valence-electron chi connectivity index (χ3n) is 7.18. The van der Waals surface area contributed by atoms with Crippen LogP contribution >= 0.6 is 0 Å². The Labute approximate surface area is 170 Å². The summed E-state index contributed by atoms with van der Waals surface area (Å²) in [6, 6.07) is 0. The molecule has 1 heterocycles. The van der Waals surface area contributed by atoms with Crippen molar-refractivity contribution in [2.45, 2.75) is 83.3 Å². The van der Waals surface area contributed by atoms with Crippen molar-refractivity contribution in [2.75, 3.05) is 0 Å². The molecular formula is C21H31NO7. The summed E-state index contributed by atoms with van der Waals surface area (Å²) in [7, 11) is 0. The number of hydrogen-bond acceptors (Lipinski definition) is 8. The first-order valence-electron chi connectivity index (χ1n) is 10.2. The van der Waals surface area contributed by atoms with Crippen molar-refractivity contribution in [2.24, 2.45) is 23.5 Å². The first kappa shape index (κ1) is 21.8. The van der Waals surface area contributed by atoms with Crippen LogP contribution in [0.5, 0.6) is 0 Å². The molecule has 0 aromatic carbocycles. The van der Waals surface area contributed by atoms with Gasteiger partial charge in [0.15, 0.2) is 0 Å². The molecule has 1 saturated heterocycles. The van der Waals surface area contributed by atoms with Crippen LogP contribution in [0.15, 0.2) is 11.6 Å². The Bertz CT molecular complexity index is 749. The van der Waals surface area contributed by atoms with Gasteiger partial charge in [-0.25, -0.2) is 4.79 Å². The van der Waals surface area contributed by atoms with E-state index < -0.39 is 59.2 Å². The predicted octanol–water partition coefficient (Wildman–Crippen LogP) is 1.24. The minimum Gasteiger partial charge on any atom is -0.460 e. The number of nitrogens with two attached hydrogens (primary N) is 1. The Hall–Kier alpha value is -1.93. The molecule has 162 valence electrons. The number of esters is 3. The van der Waals surface area contributed by atoms with E-state index in [0.29, 0.717) is 12.0 Å². The van der Waals surface area contributed by atoms with Crippen LogP contribution in [-0.4, -0.2) is 52.5 Å². The lowest BCUT2D eigenvalue weighted by molar-refractivity contribution is -0.165. The van der Waals surface area contributed by atoms with Crippen molar-refractivity contribution >= 4 is 17.9 Å². The average molecular weight is 409 g/mol. The monoisotopic (exact) mass is 409 g/mol. The summed E-state index contributed by atoms with van der Waals surface area (Å²) >= 11 is 0. The van der Waals surface area contributed by atoms with Gasteiger partial charge in [0.2, 0.25) is 0 Å². The van der Waals surface area contributed by atoms with Crippen LogP contribution in [0.3, 0.4) is 0 Å². The van der Waals surface area contributed by atoms with Gasteiger partial charge in [-0.1, -0.05) is 13.0 Å². The van der Waals surface area contributed by atoms with Gasteiger partial charge in [0.25, 0.3) is 0 Å². The lowest BCUT2D eigenvalue weighted by Gasteiger charge is -2.43. The second-order valence-corrected chi connectivity index (χ2v) is 8.81. The summed E-state index contributed by atoms with van der Waals surface area (Å²) in [5.74, 6) is -2.84. The van der Waals surface area contributed by atoms with E-state index in [2.05, 4.69) is 0 Å². The van der Waals surface area contributed by atoms with Gasteiger partial charge in [0, 0.05) is 18.4 Å². The Morgan fingerprint density at radius 3 is 2.48 bits per heavy atom. The molecule has 0 aromatic rings. The fraction of sp³-hybridized carbons (Fsp3) is 0.762. The van der Waals surface area contributed by atoms with Crippen LogP contribution in [0.25, 0.3) is 0 Å². The number of fused-ring (bicyclic) bond motifs is 3. The number of allylic oxidation sites excluding steroid dienone is 1. The Kier molecular flexibility index (Phi) is 5.55. The van der Waals surface area contributed by atoms with Crippen molar-refractivity contribution in [3.63, 3.8) is 0 Å². The van der Waals surface area contributed by atoms with Crippen molar-refractivity contribution in [1.29, 1.82) is 0 Å². The molecule has 3 aliphatic rings. The van der Waals surface area contributed by atoms with E-state index in [0.717, 1.165) is 0 Å². The minimum atomic E-state index is -1.41. The zero-order chi connectivity index (χ0) is 21.7. The van der Waals surface area contributed by atoms with E-state index in [9.17, 15) is 19.5 Å². The van der Waals surface area contributed by atoms with Crippen LogP contribution in [0.4, 0.5) is 0 Å². The number of carbonyl (C=O) groups excluding carboxylic acids is 3. The van der Waals surface area contributed by atoms with Gasteiger partial charge in [-0.05, 0) is 46.0 Å². The van der Waals surface area contributed by atoms with E-state index in [1.807, 2.05) is 6.92 Å². The van der Waals surface area contributed by atoms with Crippen LogP contribution in [0, 0.1) is 17.8 Å². The van der Waals surface area contributed by atoms with Crippen LogP contribution < -0.4 is 5.73 Å². The van der Waals surface area contributed by atoms with E-state index in [4.69, 9.17) is 19.9 Å². The smallest absolute Gasteiger partial charge is 0.333 e. The van der Waals surface area contributed by atoms with Gasteiger partial charge in [-0.3, -0.25) is 9.59 Å². The molecule has 3 rings (SSSR count). The second kappa shape index (κ2) is 7.40. The van der Waals surface area contributed by atoms with E-state index in [-0.39, 0.29) is 18.8 Å². The zero-order valence-corrected chi connectivity index (χ0v) is 17.6. The molecule has 2 aliphatic carbocycles. The zero-order valence-electron chi connectivity index (χ0n) is 17.6. The fourth-order valence-corrected chi connectivity index (χ4v) is 5.36. The van der Waals surface area contributed by atoms with Crippen molar-refractivity contribution < 1.29 is 33.7 Å². The molecule has 3 N–H and O–H groups in total. The quantitative estimate of drug-likeness (QED) is 0.405. The van der Waals surface area contributed by atoms with E-state index in [1.54, 1.807) is 26.8 Å². The van der Waals surface area contributed by atoms with Gasteiger partial charge >= 0.3 is 17.9 Å². The largest absolute Gasteiger partial charge is 0.460 e. The molecule has 0 bridgehead atoms. The molecule has 8 heteroatoms. The van der Waals surface area contributed by atoms with Crippen molar-refractivity contribution in [3.8, 4) is 0 Å². The molecule has 8 nitrogen and oxygen atoms in total. The molecule has 8 atom stereocenters. The highest BCUT2D eigenvalue weighted by Gasteiger charge is 2.70. The second-order valence-electron chi connectivity index (χ2n) is 8.81. The maximum absolute atomic E-state index is 12.5. The summed E-state index contributed by atoms with van der Waals surface area (Å²) in [6.07, 6.45) is 0.128. The number of rotatable bonds is 3. The van der Waals surface area contributed by atoms with Gasteiger partial charge < -0.3 is 25.1 Å². The maximum atomic E-state index is 12.5. The molecule has 29 heavy (non-hydrogen) atoms. The highest BCUT2D eigenvalue weighted by atomic mass is 16.6. The van der Waals surface area contributed by atoms with Crippen LogP contribution in [0.1, 0.15) is 53.9 Å². The molecule has 0 amide bonds. The lowest BCUT2D eigenvalue weighted by atomic mass is 9.72. The third-order valence-corrected chi connectivity index (χ3v) is 7.18. The first-order chi connectivity index (χ1) is 13.5. The van der Waals surface area contributed by atoms with Crippen LogP contribution in [-0.2, 0) is 28.6 Å². The summed E-state index contributed by atoms with van der Waals surface area (Å²) in [4.78, 5) is 36.6. The fourth-order valence-electron chi connectivity index (χ4n) is 5.36. The molecule has 0 aromatic heterocycles. The minimum absolute atomic E-state index is 0.130. The Morgan fingerprint density at radius 1 is 1.24 bits per heavy atom. The highest BCUT2D eigenvalue weighted by molar-refractivity contribution is 5.87. The molecule has 1 aliphatic heterocycles. The summed E-state index contributed by atoms with van der Waals surface area (Å²) in [6.45, 7) is 8.25. The van der Waals surface area contributed by atoms with E-state index in [1.165, 1.54) is 6.92 Å². The number of ether oxygens (including phenoxy) is 3. The summed E-state index contributed by atoms with van der Waals surface area (Å²) in [5, 5.41) is 11.4. The molecule has 3 fully saturated rings. The summed E-state index contributed by atoms with van der Waals surface area (Å²) in [5.41, 5.74) is 4.66. The van der Waals surface area contributed by atoms with Crippen molar-refractivity contribution in [3.05, 3.63) is 11.6 Å². The topological polar surface area (TPSA) is 125 Å². The standard InChI is InChI=1S/C21H31NO7/c1-6-10(2)18(24)28-15-9-11(3)16-17-20(26,12(4)19(25)29-17)8-7-14(21(15,16)22)27-13(5)23/h6,11-12,14-17,26H,7-9,22H2,1-5H3/b10-6-/t11?,12-,14-,15+,16?,17-,20-,21+/m0/s1. The first-order valence-corrected chi connectivity index (χ1v) is 10.2. The molecular weight excluding hydrogens is 378 g/mol. The molecule has 2 saturated carbocycles. The van der Waals surface area contributed by atoms with E-state index >= 15 is 0 Å². The highest BCUT2D eigenvalue weighted by Crippen LogP contribution is 2.55. The SMILES string of the molecule is C/C=C(/C)C(=O)O[C@@H]1CC(C)C2[C@@H]3OC(=O)[C@H](C)[C@@]3(O)CC[C@H](OC(C)=O)[C@]21N. The normalized spacial score (nSPS) is 44.4. The lowest BCUT2D eigenvalue weighted by Crippen LogP contribution is -2.65. The molecule has 0 radical (unpaired) electrons. The summed E-state index contributed by atoms with van der Waals surface area (Å²) < 4.78 is 17.0. The van der Waals surface area contributed by atoms with Gasteiger partial charge in [0.05, 0.1) is 11.5 Å². The number of carbonyl (C=O) groups is 3. The maximum Gasteiger partial charge on any atom is 0.333 e. The van der Waals surface area contributed by atoms with Gasteiger partial charge in [0.1, 0.15) is 23.9 Å². The molecule has 0 spiro atoms. The number of aliphatic hydroxyl groups is 1.